The Morgan fingerprint density at radius 1 is 0.944 bits per heavy atom. The quantitative estimate of drug-likeness (QED) is 0.220. The second kappa shape index (κ2) is 12.7. The van der Waals surface area contributed by atoms with E-state index < -0.39 is 0 Å². The Morgan fingerprint density at radius 3 is 2.19 bits per heavy atom. The molecule has 1 aromatic heterocycles. The molecular weight excluding hydrogens is 486 g/mol. The number of benzene rings is 2. The van der Waals surface area contributed by atoms with Gasteiger partial charge in [-0.3, -0.25) is 4.79 Å². The Bertz CT molecular complexity index is 1200. The van der Waals surface area contributed by atoms with Crippen LogP contribution < -0.4 is 29.1 Å². The fourth-order valence-electron chi connectivity index (χ4n) is 3.36. The Morgan fingerprint density at radius 2 is 1.61 bits per heavy atom. The van der Waals surface area contributed by atoms with Gasteiger partial charge in [-0.25, -0.2) is 5.43 Å². The first-order valence-corrected chi connectivity index (χ1v) is 11.9. The van der Waals surface area contributed by atoms with Crippen molar-refractivity contribution in [2.75, 3.05) is 41.3 Å². The van der Waals surface area contributed by atoms with Crippen LogP contribution in [0.3, 0.4) is 0 Å². The number of ether oxygens (including phenoxy) is 5. The van der Waals surface area contributed by atoms with E-state index in [9.17, 15) is 4.79 Å². The number of nitrogens with zero attached hydrogens (tertiary/aromatic N) is 4. The van der Waals surface area contributed by atoms with Crippen LogP contribution in [0, 0.1) is 0 Å². The van der Waals surface area contributed by atoms with E-state index in [0.29, 0.717) is 51.8 Å². The fourth-order valence-corrected chi connectivity index (χ4v) is 4.16. The highest BCUT2D eigenvalue weighted by atomic mass is 32.2. The second-order valence-corrected chi connectivity index (χ2v) is 8.09. The third-order valence-corrected chi connectivity index (χ3v) is 6.11. The molecule has 3 rings (SSSR count). The number of methoxy groups -OCH3 is 5. The van der Waals surface area contributed by atoms with Crippen molar-refractivity contribution >= 4 is 23.9 Å². The number of rotatable bonds is 12. The molecule has 0 saturated carbocycles. The van der Waals surface area contributed by atoms with Crippen molar-refractivity contribution < 1.29 is 28.5 Å². The molecule has 0 saturated heterocycles. The number of amides is 1. The van der Waals surface area contributed by atoms with Crippen molar-refractivity contribution in [2.24, 2.45) is 5.10 Å². The van der Waals surface area contributed by atoms with Gasteiger partial charge in [0.15, 0.2) is 22.5 Å². The molecular formula is C24H29N5O6S. The van der Waals surface area contributed by atoms with Crippen molar-refractivity contribution in [3.8, 4) is 40.1 Å². The fraction of sp³-hybridized carbons (Fsp3) is 0.333. The van der Waals surface area contributed by atoms with Gasteiger partial charge in [-0.05, 0) is 25.1 Å². The Balaban J connectivity index is 1.68. The lowest BCUT2D eigenvalue weighted by atomic mass is 10.2. The molecule has 12 heteroatoms. The Kier molecular flexibility index (Phi) is 9.39. The molecule has 0 fully saturated rings. The lowest BCUT2D eigenvalue weighted by Gasteiger charge is -2.12. The van der Waals surface area contributed by atoms with Gasteiger partial charge in [-0.2, -0.15) is 5.10 Å². The molecule has 0 aliphatic rings. The minimum Gasteiger partial charge on any atom is -0.496 e. The zero-order chi connectivity index (χ0) is 26.1. The highest BCUT2D eigenvalue weighted by Crippen LogP contribution is 2.34. The van der Waals surface area contributed by atoms with Gasteiger partial charge in [-0.15, -0.1) is 10.2 Å². The van der Waals surface area contributed by atoms with E-state index in [-0.39, 0.29) is 11.7 Å². The van der Waals surface area contributed by atoms with E-state index in [1.54, 1.807) is 33.5 Å². The molecule has 0 unspecified atom stereocenters. The SMILES string of the molecule is CCn1c(SCC(=O)NN=Cc2c(OC)cc(OC)cc2OC)nnc1-c1ccc(OC)c(OC)c1. The Labute approximate surface area is 213 Å². The molecule has 1 N–H and O–H groups in total. The summed E-state index contributed by atoms with van der Waals surface area (Å²) in [5.41, 5.74) is 3.91. The molecule has 11 nitrogen and oxygen atoms in total. The summed E-state index contributed by atoms with van der Waals surface area (Å²) < 4.78 is 28.6. The number of carbonyl (C=O) groups is 1. The van der Waals surface area contributed by atoms with Gasteiger partial charge in [0.2, 0.25) is 0 Å². The third kappa shape index (κ3) is 6.00. The van der Waals surface area contributed by atoms with Crippen molar-refractivity contribution in [3.05, 3.63) is 35.9 Å². The maximum Gasteiger partial charge on any atom is 0.250 e. The molecule has 0 bridgehead atoms. The first kappa shape index (κ1) is 26.7. The number of thioether (sulfide) groups is 1. The number of hydrogen-bond acceptors (Lipinski definition) is 10. The lowest BCUT2D eigenvalue weighted by molar-refractivity contribution is -0.118. The van der Waals surface area contributed by atoms with Crippen LogP contribution in [0.5, 0.6) is 28.7 Å². The van der Waals surface area contributed by atoms with Gasteiger partial charge in [0.25, 0.3) is 5.91 Å². The average Bonchev–Trinajstić information content (AvgIpc) is 3.34. The summed E-state index contributed by atoms with van der Waals surface area (Å²) in [6, 6.07) is 8.94. The van der Waals surface area contributed by atoms with Crippen molar-refractivity contribution in [2.45, 2.75) is 18.6 Å². The van der Waals surface area contributed by atoms with Crippen LogP contribution in [-0.2, 0) is 11.3 Å². The number of aromatic nitrogens is 3. The molecule has 0 aliphatic carbocycles. The molecule has 0 atom stereocenters. The summed E-state index contributed by atoms with van der Waals surface area (Å²) in [6.07, 6.45) is 1.46. The number of carbonyl (C=O) groups excluding carboxylic acids is 1. The molecule has 2 aromatic carbocycles. The average molecular weight is 516 g/mol. The van der Waals surface area contributed by atoms with E-state index >= 15 is 0 Å². The van der Waals surface area contributed by atoms with Gasteiger partial charge < -0.3 is 28.3 Å². The standard InChI is InChI=1S/C24H29N5O6S/c1-7-29-23(15-8-9-18(32-3)21(10-15)35-6)27-28-24(29)36-14-22(30)26-25-13-17-19(33-4)11-16(31-2)12-20(17)34-5/h8-13H,7,14H2,1-6H3,(H,26,30). The molecule has 192 valence electrons. The highest BCUT2D eigenvalue weighted by molar-refractivity contribution is 7.99. The maximum absolute atomic E-state index is 12.4. The van der Waals surface area contributed by atoms with Crippen LogP contribution >= 0.6 is 11.8 Å². The topological polar surface area (TPSA) is 118 Å². The van der Waals surface area contributed by atoms with Gasteiger partial charge in [0.1, 0.15) is 17.2 Å². The number of hydrazone groups is 1. The van der Waals surface area contributed by atoms with Crippen molar-refractivity contribution in [3.63, 3.8) is 0 Å². The second-order valence-electron chi connectivity index (χ2n) is 7.15. The Hall–Kier alpha value is -3.93. The van der Waals surface area contributed by atoms with E-state index in [4.69, 9.17) is 23.7 Å². The number of hydrogen-bond donors (Lipinski definition) is 1. The summed E-state index contributed by atoms with van der Waals surface area (Å²) >= 11 is 1.26. The molecule has 0 spiro atoms. The first-order valence-electron chi connectivity index (χ1n) is 10.9. The predicted molar refractivity (Wildman–Crippen MR) is 137 cm³/mol. The third-order valence-electron chi connectivity index (χ3n) is 5.14. The molecule has 1 heterocycles. The van der Waals surface area contributed by atoms with Gasteiger partial charge in [0, 0.05) is 24.2 Å². The van der Waals surface area contributed by atoms with Crippen LogP contribution in [0.15, 0.2) is 40.6 Å². The normalized spacial score (nSPS) is 10.8. The van der Waals surface area contributed by atoms with Gasteiger partial charge >= 0.3 is 0 Å². The van der Waals surface area contributed by atoms with Crippen molar-refractivity contribution in [1.82, 2.24) is 20.2 Å². The van der Waals surface area contributed by atoms with E-state index in [2.05, 4.69) is 20.7 Å². The maximum atomic E-state index is 12.4. The van der Waals surface area contributed by atoms with Crippen LogP contribution in [-0.4, -0.2) is 68.2 Å². The smallest absolute Gasteiger partial charge is 0.250 e. The monoisotopic (exact) mass is 515 g/mol. The molecule has 3 aromatic rings. The summed E-state index contributed by atoms with van der Waals surface area (Å²) in [4.78, 5) is 12.4. The van der Waals surface area contributed by atoms with E-state index in [0.717, 1.165) is 5.56 Å². The zero-order valence-corrected chi connectivity index (χ0v) is 21.8. The van der Waals surface area contributed by atoms with E-state index in [1.807, 2.05) is 29.7 Å². The largest absolute Gasteiger partial charge is 0.496 e. The van der Waals surface area contributed by atoms with Gasteiger partial charge in [0.05, 0.1) is 53.1 Å². The summed E-state index contributed by atoms with van der Waals surface area (Å²) in [5.74, 6) is 3.25. The highest BCUT2D eigenvalue weighted by Gasteiger charge is 2.17. The predicted octanol–water partition coefficient (Wildman–Crippen LogP) is 3.25. The molecule has 1 amide bonds. The summed E-state index contributed by atoms with van der Waals surface area (Å²) in [6.45, 7) is 2.60. The van der Waals surface area contributed by atoms with Crippen molar-refractivity contribution in [1.29, 1.82) is 0 Å². The van der Waals surface area contributed by atoms with Crippen LogP contribution in [0.2, 0.25) is 0 Å². The van der Waals surface area contributed by atoms with Gasteiger partial charge in [-0.1, -0.05) is 11.8 Å². The lowest BCUT2D eigenvalue weighted by Crippen LogP contribution is -2.20. The summed E-state index contributed by atoms with van der Waals surface area (Å²) in [7, 11) is 7.77. The molecule has 0 radical (unpaired) electrons. The zero-order valence-electron chi connectivity index (χ0n) is 21.0. The van der Waals surface area contributed by atoms with Crippen LogP contribution in [0.25, 0.3) is 11.4 Å². The number of nitrogens with one attached hydrogen (secondary N) is 1. The minimum absolute atomic E-state index is 0.0955. The van der Waals surface area contributed by atoms with Crippen LogP contribution in [0.1, 0.15) is 12.5 Å². The minimum atomic E-state index is -0.305. The van der Waals surface area contributed by atoms with Crippen LogP contribution in [0.4, 0.5) is 0 Å². The first-order chi connectivity index (χ1) is 17.5. The summed E-state index contributed by atoms with van der Waals surface area (Å²) in [5, 5.41) is 13.2. The molecule has 36 heavy (non-hydrogen) atoms. The molecule has 0 aliphatic heterocycles. The van der Waals surface area contributed by atoms with E-state index in [1.165, 1.54) is 32.2 Å².